The molecule has 2 heterocycles. The average molecular weight is 259 g/mol. The fourth-order valence-corrected chi connectivity index (χ4v) is 2.29. The highest BCUT2D eigenvalue weighted by atomic mass is 35.5. The van der Waals surface area contributed by atoms with Gasteiger partial charge in [0, 0.05) is 18.8 Å². The van der Waals surface area contributed by atoms with Crippen LogP contribution < -0.4 is 5.32 Å². The first-order valence-corrected chi connectivity index (χ1v) is 5.71. The fourth-order valence-electron chi connectivity index (χ4n) is 2.29. The van der Waals surface area contributed by atoms with Gasteiger partial charge in [0.2, 0.25) is 0 Å². The largest absolute Gasteiger partial charge is 0.464 e. The van der Waals surface area contributed by atoms with Crippen molar-refractivity contribution in [1.29, 1.82) is 0 Å². The monoisotopic (exact) mass is 258 g/mol. The molecular formula is C12H19ClN2O2. The van der Waals surface area contributed by atoms with Gasteiger partial charge in [-0.05, 0) is 31.5 Å². The number of carbonyl (C=O) groups is 1. The fraction of sp³-hybridized carbons (Fsp3) is 0.583. The maximum atomic E-state index is 11.5. The molecule has 0 spiro atoms. The van der Waals surface area contributed by atoms with E-state index in [1.165, 1.54) is 25.6 Å². The summed E-state index contributed by atoms with van der Waals surface area (Å²) < 4.78 is 6.66. The van der Waals surface area contributed by atoms with Crippen LogP contribution in [0.25, 0.3) is 0 Å². The minimum absolute atomic E-state index is 0. The van der Waals surface area contributed by atoms with Crippen molar-refractivity contribution >= 4 is 18.4 Å². The Morgan fingerprint density at radius 1 is 1.47 bits per heavy atom. The topological polar surface area (TPSA) is 43.3 Å². The number of piperidine rings is 1. The zero-order valence-corrected chi connectivity index (χ0v) is 11.0. The minimum Gasteiger partial charge on any atom is -0.464 e. The van der Waals surface area contributed by atoms with Crippen molar-refractivity contribution in [2.75, 3.05) is 13.7 Å². The van der Waals surface area contributed by atoms with Gasteiger partial charge in [0.25, 0.3) is 0 Å². The van der Waals surface area contributed by atoms with E-state index in [2.05, 4.69) is 5.32 Å². The van der Waals surface area contributed by atoms with Gasteiger partial charge in [-0.25, -0.2) is 4.79 Å². The highest BCUT2D eigenvalue weighted by Crippen LogP contribution is 2.24. The summed E-state index contributed by atoms with van der Waals surface area (Å²) in [5, 5.41) is 3.47. The molecule has 1 fully saturated rings. The van der Waals surface area contributed by atoms with E-state index in [1.807, 2.05) is 23.7 Å². The summed E-state index contributed by atoms with van der Waals surface area (Å²) in [6, 6.07) is 4.21. The summed E-state index contributed by atoms with van der Waals surface area (Å²) in [7, 11) is 3.33. The van der Waals surface area contributed by atoms with Crippen LogP contribution >= 0.6 is 12.4 Å². The van der Waals surface area contributed by atoms with Crippen LogP contribution in [0.1, 0.15) is 41.5 Å². The van der Waals surface area contributed by atoms with Crippen molar-refractivity contribution in [2.45, 2.75) is 25.3 Å². The summed E-state index contributed by atoms with van der Waals surface area (Å²) in [6.07, 6.45) is 3.62. The number of esters is 1. The Kier molecular flexibility index (Phi) is 5.02. The Morgan fingerprint density at radius 3 is 2.82 bits per heavy atom. The summed E-state index contributed by atoms with van der Waals surface area (Å²) in [5.41, 5.74) is 1.78. The molecule has 0 radical (unpaired) electrons. The molecule has 0 bridgehead atoms. The van der Waals surface area contributed by atoms with Gasteiger partial charge in [0.05, 0.1) is 7.11 Å². The van der Waals surface area contributed by atoms with E-state index in [0.717, 1.165) is 13.0 Å². The predicted octanol–water partition coefficient (Wildman–Crippen LogP) is 2.05. The molecule has 1 aromatic rings. The van der Waals surface area contributed by atoms with Crippen LogP contribution in [0.3, 0.4) is 0 Å². The lowest BCUT2D eigenvalue weighted by atomic mass is 10.0. The molecule has 0 aliphatic carbocycles. The quantitative estimate of drug-likeness (QED) is 0.826. The number of methoxy groups -OCH3 is 1. The average Bonchev–Trinajstić information content (AvgIpc) is 2.71. The van der Waals surface area contributed by atoms with Crippen LogP contribution in [0.5, 0.6) is 0 Å². The standard InChI is InChI=1S/C12H18N2O2.ClH/c1-14-10(9-5-3-4-8-13-9)6-7-11(14)12(15)16-2;/h6-7,9,13H,3-5,8H2,1-2H3;1H. The number of rotatable bonds is 2. The van der Waals surface area contributed by atoms with Gasteiger partial charge in [-0.2, -0.15) is 0 Å². The van der Waals surface area contributed by atoms with Gasteiger partial charge < -0.3 is 14.6 Å². The van der Waals surface area contributed by atoms with Crippen molar-refractivity contribution in [3.63, 3.8) is 0 Å². The van der Waals surface area contributed by atoms with Crippen molar-refractivity contribution in [3.05, 3.63) is 23.5 Å². The predicted molar refractivity (Wildman–Crippen MR) is 68.6 cm³/mol. The van der Waals surface area contributed by atoms with E-state index in [-0.39, 0.29) is 18.4 Å². The molecule has 1 saturated heterocycles. The van der Waals surface area contributed by atoms with Gasteiger partial charge in [-0.15, -0.1) is 12.4 Å². The molecule has 2 rings (SSSR count). The molecule has 1 unspecified atom stereocenters. The smallest absolute Gasteiger partial charge is 0.354 e. The van der Waals surface area contributed by atoms with Gasteiger partial charge in [-0.3, -0.25) is 0 Å². The second kappa shape index (κ2) is 6.07. The molecule has 0 saturated carbocycles. The zero-order valence-electron chi connectivity index (χ0n) is 10.2. The van der Waals surface area contributed by atoms with Crippen molar-refractivity contribution < 1.29 is 9.53 Å². The highest BCUT2D eigenvalue weighted by molar-refractivity contribution is 5.87. The Labute approximate surface area is 108 Å². The Balaban J connectivity index is 0.00000144. The van der Waals surface area contributed by atoms with Crippen LogP contribution in [-0.2, 0) is 11.8 Å². The first kappa shape index (κ1) is 14.1. The van der Waals surface area contributed by atoms with Crippen LogP contribution in [0.15, 0.2) is 12.1 Å². The number of ether oxygens (including phenoxy) is 1. The first-order valence-electron chi connectivity index (χ1n) is 5.71. The Hall–Kier alpha value is -1.00. The van der Waals surface area contributed by atoms with Gasteiger partial charge in [0.1, 0.15) is 5.69 Å². The molecule has 1 N–H and O–H groups in total. The highest BCUT2D eigenvalue weighted by Gasteiger charge is 2.20. The van der Waals surface area contributed by atoms with E-state index < -0.39 is 0 Å². The third-order valence-corrected chi connectivity index (χ3v) is 3.22. The molecule has 1 aliphatic heterocycles. The number of hydrogen-bond acceptors (Lipinski definition) is 3. The second-order valence-corrected chi connectivity index (χ2v) is 4.20. The first-order chi connectivity index (χ1) is 7.74. The molecular weight excluding hydrogens is 240 g/mol. The molecule has 5 heteroatoms. The number of aromatic nitrogens is 1. The summed E-state index contributed by atoms with van der Waals surface area (Å²) >= 11 is 0. The third kappa shape index (κ3) is 2.82. The summed E-state index contributed by atoms with van der Waals surface area (Å²) in [4.78, 5) is 11.5. The van der Waals surface area contributed by atoms with Crippen LogP contribution in [-0.4, -0.2) is 24.2 Å². The number of carbonyl (C=O) groups excluding carboxylic acids is 1. The summed E-state index contributed by atoms with van der Waals surface area (Å²) in [6.45, 7) is 1.06. The van der Waals surface area contributed by atoms with Gasteiger partial charge >= 0.3 is 5.97 Å². The molecule has 1 aromatic heterocycles. The molecule has 96 valence electrons. The lowest BCUT2D eigenvalue weighted by Gasteiger charge is -2.24. The van der Waals surface area contributed by atoms with Crippen LogP contribution in [0.4, 0.5) is 0 Å². The maximum Gasteiger partial charge on any atom is 0.354 e. The normalized spacial score (nSPS) is 19.5. The van der Waals surface area contributed by atoms with Crippen molar-refractivity contribution in [2.24, 2.45) is 7.05 Å². The third-order valence-electron chi connectivity index (χ3n) is 3.22. The number of halogens is 1. The maximum absolute atomic E-state index is 11.5. The minimum atomic E-state index is -0.274. The number of hydrogen-bond donors (Lipinski definition) is 1. The lowest BCUT2D eigenvalue weighted by Crippen LogP contribution is -2.28. The van der Waals surface area contributed by atoms with E-state index in [1.54, 1.807) is 0 Å². The van der Waals surface area contributed by atoms with E-state index in [4.69, 9.17) is 4.74 Å². The van der Waals surface area contributed by atoms with Crippen LogP contribution in [0.2, 0.25) is 0 Å². The van der Waals surface area contributed by atoms with Gasteiger partial charge in [-0.1, -0.05) is 6.42 Å². The van der Waals surface area contributed by atoms with Gasteiger partial charge in [0.15, 0.2) is 0 Å². The van der Waals surface area contributed by atoms with E-state index in [0.29, 0.717) is 11.7 Å². The molecule has 1 aliphatic rings. The number of nitrogens with zero attached hydrogens (tertiary/aromatic N) is 1. The zero-order chi connectivity index (χ0) is 11.5. The molecule has 1 atom stereocenters. The molecule has 0 aromatic carbocycles. The summed E-state index contributed by atoms with van der Waals surface area (Å²) in [5.74, 6) is -0.274. The van der Waals surface area contributed by atoms with Crippen LogP contribution in [0, 0.1) is 0 Å². The van der Waals surface area contributed by atoms with E-state index in [9.17, 15) is 4.79 Å². The lowest BCUT2D eigenvalue weighted by molar-refractivity contribution is 0.0589. The Bertz CT molecular complexity index is 384. The second-order valence-electron chi connectivity index (χ2n) is 4.20. The molecule has 17 heavy (non-hydrogen) atoms. The molecule has 0 amide bonds. The van der Waals surface area contributed by atoms with Crippen molar-refractivity contribution in [3.8, 4) is 0 Å². The van der Waals surface area contributed by atoms with Crippen molar-refractivity contribution in [1.82, 2.24) is 9.88 Å². The Morgan fingerprint density at radius 2 is 2.24 bits per heavy atom. The number of nitrogens with one attached hydrogen (secondary N) is 1. The SMILES string of the molecule is COC(=O)c1ccc(C2CCCCN2)n1C.Cl. The van der Waals surface area contributed by atoms with E-state index >= 15 is 0 Å². The molecule has 4 nitrogen and oxygen atoms in total.